The van der Waals surface area contributed by atoms with Crippen molar-refractivity contribution in [1.29, 1.82) is 0 Å². The largest absolute Gasteiger partial charge is 0.399 e. The Hall–Kier alpha value is -4.88. The van der Waals surface area contributed by atoms with Crippen LogP contribution in [0.25, 0.3) is 17.2 Å². The molecular weight excluding hydrogens is 470 g/mol. The Balaban J connectivity index is 1.59. The van der Waals surface area contributed by atoms with Crippen molar-refractivity contribution in [2.24, 2.45) is 0 Å². The van der Waals surface area contributed by atoms with E-state index in [-0.39, 0.29) is 0 Å². The molecule has 5 aromatic carbocycles. The molecule has 0 spiro atoms. The topological polar surface area (TPSA) is 26.0 Å². The minimum atomic E-state index is 0.760. The first-order valence-corrected chi connectivity index (χ1v) is 13.3. The highest BCUT2D eigenvalue weighted by Crippen LogP contribution is 2.25. The second kappa shape index (κ2) is 12.1. The monoisotopic (exact) mass is 503 g/mol. The maximum absolute atomic E-state index is 6.01. The molecule has 1 nitrogen and oxygen atoms in total. The molecule has 5 rings (SSSR count). The van der Waals surface area contributed by atoms with E-state index in [0.717, 1.165) is 22.0 Å². The summed E-state index contributed by atoms with van der Waals surface area (Å²) in [7, 11) is 0. The molecule has 0 fully saturated rings. The fourth-order valence-electron chi connectivity index (χ4n) is 4.59. The highest BCUT2D eigenvalue weighted by molar-refractivity contribution is 5.82. The maximum atomic E-state index is 6.01. The summed E-state index contributed by atoms with van der Waals surface area (Å²) < 4.78 is 0. The van der Waals surface area contributed by atoms with Crippen molar-refractivity contribution < 1.29 is 0 Å². The van der Waals surface area contributed by atoms with Crippen LogP contribution in [-0.2, 0) is 0 Å². The molecule has 0 unspecified atom stereocenters. The molecule has 0 aliphatic heterocycles. The van der Waals surface area contributed by atoms with E-state index in [2.05, 4.69) is 147 Å². The first kappa shape index (κ1) is 25.8. The third-order valence-corrected chi connectivity index (χ3v) is 6.83. The van der Waals surface area contributed by atoms with Crippen molar-refractivity contribution in [2.75, 3.05) is 5.73 Å². The van der Waals surface area contributed by atoms with Crippen LogP contribution in [0.5, 0.6) is 0 Å². The summed E-state index contributed by atoms with van der Waals surface area (Å²) in [6.07, 6.45) is 8.76. The van der Waals surface area contributed by atoms with Gasteiger partial charge in [0.05, 0.1) is 0 Å². The molecule has 0 saturated heterocycles. The lowest BCUT2D eigenvalue weighted by molar-refractivity contribution is 1.43. The van der Waals surface area contributed by atoms with E-state index in [1.54, 1.807) is 0 Å². The lowest BCUT2D eigenvalue weighted by Gasteiger charge is -2.09. The molecule has 2 N–H and O–H groups in total. The highest BCUT2D eigenvalue weighted by Gasteiger charge is 2.05. The van der Waals surface area contributed by atoms with Gasteiger partial charge in [0.25, 0.3) is 0 Å². The van der Waals surface area contributed by atoms with Gasteiger partial charge in [-0.3, -0.25) is 0 Å². The number of nitrogens with two attached hydrogens (primary N) is 1. The zero-order valence-electron chi connectivity index (χ0n) is 22.5. The zero-order chi connectivity index (χ0) is 27.0. The van der Waals surface area contributed by atoms with E-state index in [1.807, 2.05) is 18.2 Å². The second-order valence-electron chi connectivity index (χ2n) is 9.88. The fraction of sp³-hybridized carbons (Fsp3) is 0.0526. The van der Waals surface area contributed by atoms with Crippen molar-refractivity contribution in [3.8, 4) is 0 Å². The molecular formula is C38H33N. The summed E-state index contributed by atoms with van der Waals surface area (Å²) >= 11 is 0. The van der Waals surface area contributed by atoms with Gasteiger partial charge in [-0.1, -0.05) is 145 Å². The van der Waals surface area contributed by atoms with Gasteiger partial charge in [0.15, 0.2) is 0 Å². The minimum absolute atomic E-state index is 0.760. The molecule has 0 bridgehead atoms. The molecule has 0 aromatic heterocycles. The van der Waals surface area contributed by atoms with Crippen LogP contribution in [-0.4, -0.2) is 0 Å². The molecule has 0 saturated carbocycles. The van der Waals surface area contributed by atoms with Crippen molar-refractivity contribution in [2.45, 2.75) is 13.8 Å². The molecule has 190 valence electrons. The molecule has 0 heterocycles. The summed E-state index contributed by atoms with van der Waals surface area (Å²) in [6, 6.07) is 44.7. The molecule has 5 aromatic rings. The van der Waals surface area contributed by atoms with E-state index in [9.17, 15) is 0 Å². The normalized spacial score (nSPS) is 10.8. The summed E-state index contributed by atoms with van der Waals surface area (Å²) in [5, 5.41) is 2.33. The highest BCUT2D eigenvalue weighted by atomic mass is 14.5. The van der Waals surface area contributed by atoms with E-state index in [4.69, 9.17) is 5.73 Å². The number of anilines is 1. The summed E-state index contributed by atoms with van der Waals surface area (Å²) in [4.78, 5) is 0. The zero-order valence-corrected chi connectivity index (χ0v) is 22.5. The number of benzene rings is 5. The predicted molar refractivity (Wildman–Crippen MR) is 168 cm³/mol. The van der Waals surface area contributed by atoms with E-state index in [1.165, 1.54) is 38.6 Å². The molecule has 0 aliphatic rings. The van der Waals surface area contributed by atoms with Crippen LogP contribution < -0.4 is 16.2 Å². The summed E-state index contributed by atoms with van der Waals surface area (Å²) in [6.45, 7) is 4.24. The second-order valence-corrected chi connectivity index (χ2v) is 9.88. The smallest absolute Gasteiger partial charge is 0.0314 e. The lowest BCUT2D eigenvalue weighted by atomic mass is 9.95. The molecule has 0 atom stereocenters. The van der Waals surface area contributed by atoms with Crippen molar-refractivity contribution in [3.63, 3.8) is 0 Å². The van der Waals surface area contributed by atoms with E-state index < -0.39 is 0 Å². The molecule has 0 amide bonds. The van der Waals surface area contributed by atoms with Crippen LogP contribution in [0.1, 0.15) is 33.4 Å². The summed E-state index contributed by atoms with van der Waals surface area (Å²) in [5.74, 6) is 0. The number of aryl methyl sites for hydroxylation is 2. The van der Waals surface area contributed by atoms with E-state index >= 15 is 0 Å². The minimum Gasteiger partial charge on any atom is -0.399 e. The van der Waals surface area contributed by atoms with Crippen molar-refractivity contribution >= 4 is 22.9 Å². The Labute approximate surface area is 231 Å². The summed E-state index contributed by atoms with van der Waals surface area (Å²) in [5.41, 5.74) is 16.3. The van der Waals surface area contributed by atoms with Crippen LogP contribution in [0.15, 0.2) is 146 Å². The number of hydrogen-bond acceptors (Lipinski definition) is 1. The third-order valence-electron chi connectivity index (χ3n) is 6.83. The van der Waals surface area contributed by atoms with Gasteiger partial charge in [0.1, 0.15) is 0 Å². The number of nitrogen functional groups attached to an aromatic ring is 1. The van der Waals surface area contributed by atoms with Crippen LogP contribution >= 0.6 is 0 Å². The van der Waals surface area contributed by atoms with E-state index in [0.29, 0.717) is 0 Å². The SMILES string of the molecule is Cc1ccc(C(=CC=CC(c2ccc(N)cc2)=c2ccc(=Cc3ccccc3)cc2)c2ccc(C)cc2)cc1. The van der Waals surface area contributed by atoms with Gasteiger partial charge in [-0.05, 0) is 75.9 Å². The fourth-order valence-corrected chi connectivity index (χ4v) is 4.59. The molecule has 39 heavy (non-hydrogen) atoms. The average molecular weight is 504 g/mol. The van der Waals surface area contributed by atoms with Crippen molar-refractivity contribution in [3.05, 3.63) is 189 Å². The quantitative estimate of drug-likeness (QED) is 0.187. The number of allylic oxidation sites excluding steroid dienone is 3. The predicted octanol–water partition coefficient (Wildman–Crippen LogP) is 7.60. The van der Waals surface area contributed by atoms with Crippen LogP contribution in [0.3, 0.4) is 0 Å². The van der Waals surface area contributed by atoms with Gasteiger partial charge >= 0.3 is 0 Å². The number of rotatable bonds is 6. The van der Waals surface area contributed by atoms with Crippen LogP contribution in [0, 0.1) is 13.8 Å². The first-order chi connectivity index (χ1) is 19.0. The van der Waals surface area contributed by atoms with Crippen molar-refractivity contribution in [1.82, 2.24) is 0 Å². The Morgan fingerprint density at radius 1 is 0.564 bits per heavy atom. The molecule has 0 radical (unpaired) electrons. The number of hydrogen-bond donors (Lipinski definition) is 1. The molecule has 1 heteroatoms. The van der Waals surface area contributed by atoms with Crippen LogP contribution in [0.2, 0.25) is 0 Å². The first-order valence-electron chi connectivity index (χ1n) is 13.3. The average Bonchev–Trinajstić information content (AvgIpc) is 2.96. The Morgan fingerprint density at radius 2 is 1.10 bits per heavy atom. The van der Waals surface area contributed by atoms with Gasteiger partial charge < -0.3 is 5.73 Å². The standard InChI is InChI=1S/C38H33N/c1-28-11-17-32(18-12-28)37(33-19-13-29(2)14-20-33)9-6-10-38(35-23-25-36(39)26-24-35)34-21-15-31(16-22-34)27-30-7-4-3-5-8-30/h3-27H,39H2,1-2H3. The third kappa shape index (κ3) is 6.71. The van der Waals surface area contributed by atoms with Gasteiger partial charge in [0, 0.05) is 5.69 Å². The van der Waals surface area contributed by atoms with Gasteiger partial charge in [0.2, 0.25) is 0 Å². The Morgan fingerprint density at radius 3 is 1.67 bits per heavy atom. The Kier molecular flexibility index (Phi) is 8.00. The Bertz CT molecular complexity index is 1650. The van der Waals surface area contributed by atoms with Gasteiger partial charge in [-0.2, -0.15) is 0 Å². The molecule has 0 aliphatic carbocycles. The lowest BCUT2D eigenvalue weighted by Crippen LogP contribution is -2.10. The van der Waals surface area contributed by atoms with Crippen LogP contribution in [0.4, 0.5) is 5.69 Å². The maximum Gasteiger partial charge on any atom is 0.0314 e. The van der Waals surface area contributed by atoms with Gasteiger partial charge in [-0.15, -0.1) is 0 Å². The van der Waals surface area contributed by atoms with Gasteiger partial charge in [-0.25, -0.2) is 0 Å².